The summed E-state index contributed by atoms with van der Waals surface area (Å²) in [5.74, 6) is 0. The Kier molecular flexibility index (Phi) is 57.6. The highest BCUT2D eigenvalue weighted by Crippen LogP contribution is 2.25. The second kappa shape index (κ2) is 47.8. The number of quaternary nitrogens is 2. The molecule has 3 unspecified atom stereocenters. The molecular formula is C38H91N5O7P2+4. The van der Waals surface area contributed by atoms with E-state index in [1.54, 1.807) is 6.92 Å². The lowest BCUT2D eigenvalue weighted by molar-refractivity contribution is -0.952. The fraction of sp³-hybridized carbons (Fsp3) is 0.947. The lowest BCUT2D eigenvalue weighted by Crippen LogP contribution is -2.56. The van der Waals surface area contributed by atoms with E-state index in [1.165, 1.54) is 164 Å². The van der Waals surface area contributed by atoms with Gasteiger partial charge in [-0.2, -0.15) is 4.89 Å². The number of primary amides is 2. The summed E-state index contributed by atoms with van der Waals surface area (Å²) in [4.78, 5) is 25.7. The zero-order valence-electron chi connectivity index (χ0n) is 35.9. The van der Waals surface area contributed by atoms with Crippen LogP contribution in [0.5, 0.6) is 0 Å². The van der Waals surface area contributed by atoms with E-state index >= 15 is 0 Å². The van der Waals surface area contributed by atoms with Crippen LogP contribution >= 0.6 is 16.7 Å². The third-order valence-corrected chi connectivity index (χ3v) is 9.96. The van der Waals surface area contributed by atoms with Gasteiger partial charge < -0.3 is 31.7 Å². The molecule has 14 heteroatoms. The first-order valence-corrected chi connectivity index (χ1v) is 22.4. The molecule has 0 spiro atoms. The summed E-state index contributed by atoms with van der Waals surface area (Å²) in [5, 5.41) is 7.19. The number of nitrogens with zero attached hydrogens (tertiary/aromatic N) is 2. The number of carboxylic acid groups (broad SMARTS) is 1. The first-order chi connectivity index (χ1) is 24.3. The van der Waals surface area contributed by atoms with Crippen molar-refractivity contribution in [3.05, 3.63) is 0 Å². The van der Waals surface area contributed by atoms with Crippen LogP contribution in [0, 0.1) is 0 Å². The molecule has 0 aliphatic carbocycles. The number of nitrogens with two attached hydrogens (primary N) is 2. The molecule has 3 atom stereocenters. The van der Waals surface area contributed by atoms with E-state index in [0.29, 0.717) is 0 Å². The Morgan fingerprint density at radius 2 is 0.904 bits per heavy atom. The second-order valence-corrected chi connectivity index (χ2v) is 14.8. The molecule has 0 rings (SSSR count). The van der Waals surface area contributed by atoms with Gasteiger partial charge in [0.15, 0.2) is 0 Å². The van der Waals surface area contributed by atoms with Crippen molar-refractivity contribution in [3.63, 3.8) is 0 Å². The van der Waals surface area contributed by atoms with Crippen LogP contribution in [0.4, 0.5) is 9.59 Å². The number of carbonyl (C=O) groups excluding carboxylic acids is 1. The van der Waals surface area contributed by atoms with Gasteiger partial charge in [-0.05, 0) is 73.8 Å². The average molecular weight is 792 g/mol. The minimum absolute atomic E-state index is 0. The van der Waals surface area contributed by atoms with E-state index in [1.807, 2.05) is 0 Å². The van der Waals surface area contributed by atoms with Crippen molar-refractivity contribution in [3.8, 4) is 0 Å². The van der Waals surface area contributed by atoms with Crippen LogP contribution in [-0.4, -0.2) is 89.2 Å². The van der Waals surface area contributed by atoms with Crippen molar-refractivity contribution < 1.29 is 42.2 Å². The normalized spacial score (nSPS) is 11.5. The van der Waals surface area contributed by atoms with Crippen molar-refractivity contribution in [2.45, 2.75) is 184 Å². The molecule has 0 radical (unpaired) electrons. The van der Waals surface area contributed by atoms with E-state index in [0.717, 1.165) is 6.04 Å². The third-order valence-electron chi connectivity index (χ3n) is 9.11. The number of hydrogen-bond acceptors (Lipinski definition) is 6. The summed E-state index contributed by atoms with van der Waals surface area (Å²) in [5.41, 5.74) is 7.70. The molecule has 0 aromatic carbocycles. The molecule has 0 saturated heterocycles. The highest BCUT2D eigenvalue weighted by Gasteiger charge is 2.33. The summed E-state index contributed by atoms with van der Waals surface area (Å²) in [7, 11) is -3.42. The molecule has 0 aromatic heterocycles. The largest absolute Gasteiger partial charge is 0.612 e. The van der Waals surface area contributed by atoms with Crippen LogP contribution in [0.3, 0.4) is 0 Å². The number of carbonyl (C=O) groups is 2. The van der Waals surface area contributed by atoms with E-state index in [4.69, 9.17) is 19.4 Å². The van der Waals surface area contributed by atoms with Gasteiger partial charge in [-0.1, -0.05) is 114 Å². The van der Waals surface area contributed by atoms with Gasteiger partial charge in [0.1, 0.15) is 6.61 Å². The summed E-state index contributed by atoms with van der Waals surface area (Å²) >= 11 is 0. The Morgan fingerprint density at radius 1 is 0.635 bits per heavy atom. The number of rotatable bonds is 28. The molecule has 52 heavy (non-hydrogen) atoms. The zero-order valence-corrected chi connectivity index (χ0v) is 37.8. The molecular weight excluding hydrogens is 700 g/mol. The van der Waals surface area contributed by atoms with E-state index in [2.05, 4.69) is 78.3 Å². The quantitative estimate of drug-likeness (QED) is 0.0380. The van der Waals surface area contributed by atoms with Crippen LogP contribution in [0.2, 0.25) is 0 Å². The Balaban J connectivity index is -0.000000145. The molecule has 0 fully saturated rings. The molecule has 0 saturated carbocycles. The predicted octanol–water partition coefficient (Wildman–Crippen LogP) is 11.3. The Hall–Kier alpha value is -1.26. The van der Waals surface area contributed by atoms with Gasteiger partial charge >= 0.3 is 28.5 Å². The van der Waals surface area contributed by atoms with Crippen LogP contribution in [0.1, 0.15) is 178 Å². The van der Waals surface area contributed by atoms with E-state index in [9.17, 15) is 9.36 Å². The van der Waals surface area contributed by atoms with Gasteiger partial charge in [-0.3, -0.25) is 0 Å². The maximum absolute atomic E-state index is 10.2. The summed E-state index contributed by atoms with van der Waals surface area (Å²) < 4.78 is 25.9. The van der Waals surface area contributed by atoms with Crippen LogP contribution in [0.25, 0.3) is 0 Å². The van der Waals surface area contributed by atoms with Crippen LogP contribution < -0.4 is 17.6 Å². The van der Waals surface area contributed by atoms with Gasteiger partial charge in [0.25, 0.3) is 0 Å². The highest BCUT2D eigenvalue weighted by molar-refractivity contribution is 7.58. The molecule has 0 bridgehead atoms. The minimum atomic E-state index is -2.25. The fourth-order valence-corrected chi connectivity index (χ4v) is 6.69. The van der Waals surface area contributed by atoms with Crippen molar-refractivity contribution in [2.24, 2.45) is 11.5 Å². The third kappa shape index (κ3) is 41.5. The first-order valence-electron chi connectivity index (χ1n) is 20.4. The molecule has 0 aromatic rings. The summed E-state index contributed by atoms with van der Waals surface area (Å²) in [6.45, 7) is 33.0. The topological polar surface area (TPSA) is 205 Å². The number of hydrogen-bond donors (Lipinski definition) is 5. The second-order valence-electron chi connectivity index (χ2n) is 13.4. The summed E-state index contributed by atoms with van der Waals surface area (Å²) in [6.07, 6.45) is 22.1. The van der Waals surface area contributed by atoms with Crippen molar-refractivity contribution >= 4 is 28.5 Å². The molecule has 2 amide bonds. The molecule has 9 N–H and O–H groups in total. The zero-order chi connectivity index (χ0) is 40.4. The Bertz CT molecular complexity index is 721. The molecule has 316 valence electrons. The lowest BCUT2D eigenvalue weighted by Gasteiger charge is -2.45. The maximum Gasteiger partial charge on any atom is 0.612 e. The minimum Gasteiger partial charge on any atom is -0.465 e. The van der Waals surface area contributed by atoms with Crippen molar-refractivity contribution in [1.29, 1.82) is 0 Å². The molecule has 0 aliphatic rings. The standard InChI is InChI=1S/C18H40N.C16H36N.C3H6NO3P.CH3NO2.H3N.HO2P/c1-6-11-15-19(16-12-7-2,17-13-8-3)18(10-5)14-9-4;1-5-9-13-17(14-10-6-2,15-11-7-3)16-12-8-4;1-2-7-8(6)3(4)5;2-1(3)4;;1-3-2/h18H,6-17H2,1-5H3;5-16H2,1-4H3;2H2,1H3,(H-,4,5);2H2,(H,3,4);1H3;3H/q2*+1;;;;/p+2. The van der Waals surface area contributed by atoms with Gasteiger partial charge in [0.2, 0.25) is 0 Å². The number of amides is 2. The van der Waals surface area contributed by atoms with Crippen LogP contribution in [-0.2, 0) is 13.7 Å². The monoisotopic (exact) mass is 792 g/mol. The van der Waals surface area contributed by atoms with Crippen molar-refractivity contribution in [2.75, 3.05) is 52.4 Å². The van der Waals surface area contributed by atoms with Gasteiger partial charge in [0, 0.05) is 0 Å². The van der Waals surface area contributed by atoms with Crippen molar-refractivity contribution in [1.82, 2.24) is 6.15 Å². The maximum atomic E-state index is 10.2. The van der Waals surface area contributed by atoms with E-state index in [-0.39, 0.29) is 12.8 Å². The molecule has 0 aliphatic heterocycles. The van der Waals surface area contributed by atoms with Gasteiger partial charge in [-0.15, -0.1) is 4.52 Å². The van der Waals surface area contributed by atoms with E-state index < -0.39 is 28.5 Å². The summed E-state index contributed by atoms with van der Waals surface area (Å²) in [6, 6.07) is 0.912. The highest BCUT2D eigenvalue weighted by atomic mass is 31.1. The Morgan fingerprint density at radius 3 is 1.08 bits per heavy atom. The SMILES string of the molecule is CCCC[N+](CCCC)(CCCC)C(CC)CCC.CCCC[N+](CCCC)(CCCC)CCCC.CCO[P+](=O)C(N)=O.N.NC(=O)O.O=[PH+]O. The fourth-order valence-electron chi connectivity index (χ4n) is 6.33. The first kappa shape index (κ1) is 62.7. The average Bonchev–Trinajstić information content (AvgIpc) is 3.10. The van der Waals surface area contributed by atoms with Gasteiger partial charge in [0.05, 0.1) is 51.9 Å². The smallest absolute Gasteiger partial charge is 0.465 e. The number of unbranched alkanes of at least 4 members (excludes halogenated alkanes) is 7. The van der Waals surface area contributed by atoms with Crippen LogP contribution in [0.15, 0.2) is 0 Å². The Labute approximate surface area is 324 Å². The predicted molar refractivity (Wildman–Crippen MR) is 225 cm³/mol. The lowest BCUT2D eigenvalue weighted by atomic mass is 10.0. The molecule has 12 nitrogen and oxygen atoms in total. The van der Waals surface area contributed by atoms with Gasteiger partial charge in [-0.25, -0.2) is 9.59 Å². The molecule has 0 heterocycles.